The van der Waals surface area contributed by atoms with Crippen LogP contribution in [-0.4, -0.2) is 11.7 Å². The summed E-state index contributed by atoms with van der Waals surface area (Å²) in [6, 6.07) is 6.01. The van der Waals surface area contributed by atoms with Crippen molar-refractivity contribution < 1.29 is 9.84 Å². The van der Waals surface area contributed by atoms with Gasteiger partial charge in [-0.05, 0) is 36.8 Å². The van der Waals surface area contributed by atoms with Gasteiger partial charge in [0.2, 0.25) is 0 Å². The van der Waals surface area contributed by atoms with Crippen LogP contribution >= 0.6 is 0 Å². The Morgan fingerprint density at radius 3 is 3.06 bits per heavy atom. The molecular weight excluding hydrogens is 212 g/mol. The van der Waals surface area contributed by atoms with Crippen molar-refractivity contribution in [3.63, 3.8) is 0 Å². The Balaban J connectivity index is 2.02. The van der Waals surface area contributed by atoms with E-state index in [1.54, 1.807) is 0 Å². The van der Waals surface area contributed by atoms with E-state index in [4.69, 9.17) is 4.74 Å². The molecule has 1 aliphatic carbocycles. The van der Waals surface area contributed by atoms with Crippen molar-refractivity contribution in [1.29, 1.82) is 0 Å². The van der Waals surface area contributed by atoms with Crippen molar-refractivity contribution in [2.45, 2.75) is 45.6 Å². The minimum atomic E-state index is -0.290. The van der Waals surface area contributed by atoms with Crippen molar-refractivity contribution in [2.24, 2.45) is 5.92 Å². The Morgan fingerprint density at radius 1 is 1.47 bits per heavy atom. The topological polar surface area (TPSA) is 29.5 Å². The van der Waals surface area contributed by atoms with Crippen molar-refractivity contribution in [2.75, 3.05) is 6.61 Å². The van der Waals surface area contributed by atoms with Gasteiger partial charge in [0, 0.05) is 5.56 Å². The predicted molar refractivity (Wildman–Crippen MR) is 69.3 cm³/mol. The molecule has 2 heteroatoms. The summed E-state index contributed by atoms with van der Waals surface area (Å²) in [4.78, 5) is 0. The molecule has 1 aromatic carbocycles. The zero-order valence-corrected chi connectivity index (χ0v) is 10.8. The number of rotatable bonds is 5. The fourth-order valence-electron chi connectivity index (χ4n) is 2.54. The summed E-state index contributed by atoms with van der Waals surface area (Å²) in [7, 11) is 0. The number of hydrogen-bond acceptors (Lipinski definition) is 2. The first-order valence-corrected chi connectivity index (χ1v) is 6.65. The van der Waals surface area contributed by atoms with Gasteiger partial charge in [0.1, 0.15) is 5.75 Å². The van der Waals surface area contributed by atoms with E-state index >= 15 is 0 Å². The van der Waals surface area contributed by atoms with Crippen LogP contribution in [0.15, 0.2) is 18.2 Å². The first-order valence-electron chi connectivity index (χ1n) is 6.65. The quantitative estimate of drug-likeness (QED) is 0.845. The molecule has 2 unspecified atom stereocenters. The Labute approximate surface area is 104 Å². The lowest BCUT2D eigenvalue weighted by molar-refractivity contribution is 0.180. The molecule has 0 aliphatic heterocycles. The molecule has 94 valence electrons. The second-order valence-corrected chi connectivity index (χ2v) is 5.08. The first kappa shape index (κ1) is 12.4. The van der Waals surface area contributed by atoms with Gasteiger partial charge in [-0.15, -0.1) is 0 Å². The maximum atomic E-state index is 9.81. The standard InChI is InChI=1S/C15H22O2/c1-3-5-11(2)10-17-15-7-4-6-12-13(15)8-9-14(12)16/h4,6-7,11,14,16H,3,5,8-10H2,1-2H3. The summed E-state index contributed by atoms with van der Waals surface area (Å²) in [6.45, 7) is 5.20. The number of ether oxygens (including phenoxy) is 1. The molecule has 0 radical (unpaired) electrons. The van der Waals surface area contributed by atoms with E-state index < -0.39 is 0 Å². The molecule has 0 amide bonds. The van der Waals surface area contributed by atoms with Gasteiger partial charge in [0.05, 0.1) is 12.7 Å². The maximum Gasteiger partial charge on any atom is 0.122 e. The second-order valence-electron chi connectivity index (χ2n) is 5.08. The van der Waals surface area contributed by atoms with Gasteiger partial charge in [-0.25, -0.2) is 0 Å². The van der Waals surface area contributed by atoms with Gasteiger partial charge in [-0.2, -0.15) is 0 Å². The number of aliphatic hydroxyl groups excluding tert-OH is 1. The summed E-state index contributed by atoms with van der Waals surface area (Å²) in [5, 5.41) is 9.81. The Hall–Kier alpha value is -1.02. The lowest BCUT2D eigenvalue weighted by Gasteiger charge is -2.15. The van der Waals surface area contributed by atoms with E-state index in [-0.39, 0.29) is 6.10 Å². The summed E-state index contributed by atoms with van der Waals surface area (Å²) in [5.41, 5.74) is 2.27. The zero-order valence-electron chi connectivity index (χ0n) is 10.8. The molecule has 0 saturated heterocycles. The Kier molecular flexibility index (Phi) is 4.06. The highest BCUT2D eigenvalue weighted by atomic mass is 16.5. The molecule has 0 saturated carbocycles. The van der Waals surface area contributed by atoms with Crippen LogP contribution in [-0.2, 0) is 6.42 Å². The van der Waals surface area contributed by atoms with Crippen molar-refractivity contribution in [3.8, 4) is 5.75 Å². The molecule has 1 aromatic rings. The molecule has 2 nitrogen and oxygen atoms in total. The monoisotopic (exact) mass is 234 g/mol. The average Bonchev–Trinajstić information content (AvgIpc) is 2.70. The molecule has 0 fully saturated rings. The summed E-state index contributed by atoms with van der Waals surface area (Å²) >= 11 is 0. The van der Waals surface area contributed by atoms with Gasteiger partial charge in [0.25, 0.3) is 0 Å². The highest BCUT2D eigenvalue weighted by molar-refractivity contribution is 5.44. The van der Waals surface area contributed by atoms with Crippen LogP contribution in [0.4, 0.5) is 0 Å². The number of fused-ring (bicyclic) bond motifs is 1. The fraction of sp³-hybridized carbons (Fsp3) is 0.600. The predicted octanol–water partition coefficient (Wildman–Crippen LogP) is 3.48. The minimum Gasteiger partial charge on any atom is -0.493 e. The number of aliphatic hydroxyl groups is 1. The maximum absolute atomic E-state index is 9.81. The normalized spacial score (nSPS) is 20.1. The minimum absolute atomic E-state index is 0.290. The largest absolute Gasteiger partial charge is 0.493 e. The van der Waals surface area contributed by atoms with Gasteiger partial charge < -0.3 is 9.84 Å². The van der Waals surface area contributed by atoms with Gasteiger partial charge in [-0.3, -0.25) is 0 Å². The van der Waals surface area contributed by atoms with Crippen LogP contribution in [0.5, 0.6) is 5.75 Å². The van der Waals surface area contributed by atoms with Gasteiger partial charge in [0.15, 0.2) is 0 Å². The van der Waals surface area contributed by atoms with Crippen molar-refractivity contribution in [1.82, 2.24) is 0 Å². The average molecular weight is 234 g/mol. The molecule has 0 spiro atoms. The molecule has 0 bridgehead atoms. The van der Waals surface area contributed by atoms with E-state index in [0.717, 1.165) is 30.8 Å². The highest BCUT2D eigenvalue weighted by Crippen LogP contribution is 2.36. The van der Waals surface area contributed by atoms with Crippen LogP contribution in [0.3, 0.4) is 0 Å². The third-order valence-corrected chi connectivity index (χ3v) is 3.50. The van der Waals surface area contributed by atoms with E-state index in [9.17, 15) is 5.11 Å². The Morgan fingerprint density at radius 2 is 2.29 bits per heavy atom. The van der Waals surface area contributed by atoms with Crippen LogP contribution < -0.4 is 4.74 Å². The molecule has 2 rings (SSSR count). The smallest absolute Gasteiger partial charge is 0.122 e. The first-order chi connectivity index (χ1) is 8.22. The zero-order chi connectivity index (χ0) is 12.3. The van der Waals surface area contributed by atoms with E-state index in [1.807, 2.05) is 18.2 Å². The van der Waals surface area contributed by atoms with E-state index in [2.05, 4.69) is 13.8 Å². The third-order valence-electron chi connectivity index (χ3n) is 3.50. The molecule has 17 heavy (non-hydrogen) atoms. The van der Waals surface area contributed by atoms with E-state index in [1.165, 1.54) is 18.4 Å². The fourth-order valence-corrected chi connectivity index (χ4v) is 2.54. The van der Waals surface area contributed by atoms with E-state index in [0.29, 0.717) is 5.92 Å². The highest BCUT2D eigenvalue weighted by Gasteiger charge is 2.23. The molecule has 0 heterocycles. The van der Waals surface area contributed by atoms with Crippen LogP contribution in [0.25, 0.3) is 0 Å². The third kappa shape index (κ3) is 2.81. The van der Waals surface area contributed by atoms with Crippen LogP contribution in [0.2, 0.25) is 0 Å². The molecule has 0 aromatic heterocycles. The van der Waals surface area contributed by atoms with Crippen LogP contribution in [0, 0.1) is 5.92 Å². The second kappa shape index (κ2) is 5.54. The molecule has 1 aliphatic rings. The number of hydrogen-bond donors (Lipinski definition) is 1. The SMILES string of the molecule is CCCC(C)COc1cccc2c1CCC2O. The van der Waals surface area contributed by atoms with Gasteiger partial charge >= 0.3 is 0 Å². The summed E-state index contributed by atoms with van der Waals surface area (Å²) in [5.74, 6) is 1.57. The van der Waals surface area contributed by atoms with Crippen molar-refractivity contribution in [3.05, 3.63) is 29.3 Å². The van der Waals surface area contributed by atoms with Crippen molar-refractivity contribution >= 4 is 0 Å². The van der Waals surface area contributed by atoms with Gasteiger partial charge in [-0.1, -0.05) is 32.4 Å². The molecule has 2 atom stereocenters. The summed E-state index contributed by atoms with van der Waals surface area (Å²) in [6.07, 6.45) is 3.89. The lowest BCUT2D eigenvalue weighted by atomic mass is 10.1. The summed E-state index contributed by atoms with van der Waals surface area (Å²) < 4.78 is 5.90. The number of benzene rings is 1. The van der Waals surface area contributed by atoms with Crippen LogP contribution in [0.1, 0.15) is 50.3 Å². The Bertz CT molecular complexity index is 373. The lowest BCUT2D eigenvalue weighted by Crippen LogP contribution is -2.09. The molecular formula is C15H22O2. The molecule has 1 N–H and O–H groups in total.